The fourth-order valence-corrected chi connectivity index (χ4v) is 3.28. The molecule has 7 nitrogen and oxygen atoms in total. The first kappa shape index (κ1) is 22.3. The Kier molecular flexibility index (Phi) is 6.70. The van der Waals surface area contributed by atoms with Gasteiger partial charge in [-0.2, -0.15) is 0 Å². The number of primary amides is 1. The zero-order valence-electron chi connectivity index (χ0n) is 17.2. The first-order valence-electron chi connectivity index (χ1n) is 9.73. The molecule has 7 heteroatoms. The summed E-state index contributed by atoms with van der Waals surface area (Å²) in [6, 6.07) is 19.2. The summed E-state index contributed by atoms with van der Waals surface area (Å²) in [4.78, 5) is 49.8. The third kappa shape index (κ3) is 5.20. The molecule has 0 atom stereocenters. The van der Waals surface area contributed by atoms with E-state index < -0.39 is 11.8 Å². The monoisotopic (exact) mass is 427 g/mol. The van der Waals surface area contributed by atoms with E-state index in [1.165, 1.54) is 0 Å². The average molecular weight is 427 g/mol. The molecule has 160 valence electrons. The molecule has 0 saturated heterocycles. The van der Waals surface area contributed by atoms with E-state index in [0.717, 1.165) is 22.3 Å². The third-order valence-electron chi connectivity index (χ3n) is 4.90. The van der Waals surface area contributed by atoms with Crippen molar-refractivity contribution >= 4 is 35.8 Å². The number of carbonyl (C=O) groups excluding carboxylic acids is 4. The molecule has 0 aromatic heterocycles. The van der Waals surface area contributed by atoms with Crippen molar-refractivity contribution in [3.05, 3.63) is 77.9 Å². The molecule has 0 bridgehead atoms. The Balaban J connectivity index is 1.93. The summed E-state index contributed by atoms with van der Waals surface area (Å²) in [5.41, 5.74) is 15.8. The zero-order valence-corrected chi connectivity index (χ0v) is 17.2. The Morgan fingerprint density at radius 1 is 0.719 bits per heavy atom. The Hall–Kier alpha value is -4.39. The van der Waals surface area contributed by atoms with Crippen LogP contribution < -0.4 is 11.5 Å². The van der Waals surface area contributed by atoms with Gasteiger partial charge in [0, 0.05) is 16.8 Å². The molecule has 0 aliphatic rings. The normalized spacial score (nSPS) is 10.4. The molecule has 32 heavy (non-hydrogen) atoms. The van der Waals surface area contributed by atoms with Crippen LogP contribution in [0.15, 0.2) is 71.7 Å². The van der Waals surface area contributed by atoms with Crippen molar-refractivity contribution in [2.45, 2.75) is 12.8 Å². The Bertz CT molecular complexity index is 1210. The number of nitrogen functional groups attached to an aromatic ring is 1. The van der Waals surface area contributed by atoms with Gasteiger partial charge in [-0.25, -0.2) is 4.99 Å². The van der Waals surface area contributed by atoms with Crippen molar-refractivity contribution in [3.63, 3.8) is 0 Å². The van der Waals surface area contributed by atoms with Crippen LogP contribution in [-0.4, -0.2) is 30.1 Å². The molecule has 0 spiro atoms. The summed E-state index contributed by atoms with van der Waals surface area (Å²) in [6.07, 6.45) is -0.667. The second-order valence-electron chi connectivity index (χ2n) is 7.18. The lowest BCUT2D eigenvalue weighted by Gasteiger charge is -2.12. The van der Waals surface area contributed by atoms with Crippen LogP contribution in [0.1, 0.15) is 33.6 Å². The molecular weight excluding hydrogens is 406 g/mol. The van der Waals surface area contributed by atoms with Crippen LogP contribution in [0, 0.1) is 0 Å². The highest BCUT2D eigenvalue weighted by Gasteiger charge is 2.14. The number of amides is 2. The van der Waals surface area contributed by atoms with Crippen LogP contribution >= 0.6 is 0 Å². The molecule has 0 fully saturated rings. The molecular formula is C25H21N3O4. The number of nitrogens with zero attached hydrogens (tertiary/aromatic N) is 1. The smallest absolute Gasteiger partial charge is 0.252 e. The van der Waals surface area contributed by atoms with Gasteiger partial charge in [0.05, 0.1) is 12.8 Å². The van der Waals surface area contributed by atoms with Crippen molar-refractivity contribution < 1.29 is 19.2 Å². The van der Waals surface area contributed by atoms with Crippen molar-refractivity contribution in [1.82, 2.24) is 0 Å². The largest absolute Gasteiger partial charge is 0.399 e. The number of nitrogens with two attached hydrogens (primary N) is 2. The average Bonchev–Trinajstić information content (AvgIpc) is 2.78. The topological polar surface area (TPSA) is 133 Å². The van der Waals surface area contributed by atoms with Crippen LogP contribution in [0.3, 0.4) is 0 Å². The molecule has 0 radical (unpaired) electrons. The molecule has 2 amide bonds. The predicted octanol–water partition coefficient (Wildman–Crippen LogP) is 3.46. The summed E-state index contributed by atoms with van der Waals surface area (Å²) < 4.78 is 0. The number of aliphatic imine (C=N–C) groups is 1. The zero-order chi connectivity index (χ0) is 23.3. The molecule has 0 aliphatic heterocycles. The molecule has 0 heterocycles. The number of anilines is 1. The number of hydrogen-bond acceptors (Lipinski definition) is 5. The van der Waals surface area contributed by atoms with Crippen molar-refractivity contribution in [2.75, 3.05) is 5.73 Å². The van der Waals surface area contributed by atoms with Gasteiger partial charge in [0.15, 0.2) is 11.6 Å². The first-order chi connectivity index (χ1) is 15.3. The van der Waals surface area contributed by atoms with Gasteiger partial charge in [-0.1, -0.05) is 54.6 Å². The van der Waals surface area contributed by atoms with Gasteiger partial charge in [-0.3, -0.25) is 19.2 Å². The summed E-state index contributed by atoms with van der Waals surface area (Å²) in [7, 11) is 0. The van der Waals surface area contributed by atoms with Crippen molar-refractivity contribution in [3.8, 4) is 22.3 Å². The third-order valence-corrected chi connectivity index (χ3v) is 4.90. The van der Waals surface area contributed by atoms with Gasteiger partial charge < -0.3 is 11.5 Å². The van der Waals surface area contributed by atoms with Gasteiger partial charge in [-0.15, -0.1) is 0 Å². The van der Waals surface area contributed by atoms with Crippen LogP contribution in [0.5, 0.6) is 0 Å². The molecule has 3 rings (SSSR count). The maximum atomic E-state index is 12.2. The fourth-order valence-electron chi connectivity index (χ4n) is 3.28. The number of Topliss-reactive ketones (excluding diaryl/α,β-unsaturated/α-hetero) is 2. The second kappa shape index (κ2) is 9.61. The lowest BCUT2D eigenvalue weighted by atomic mass is 9.92. The van der Waals surface area contributed by atoms with Crippen LogP contribution in [0.25, 0.3) is 22.3 Å². The van der Waals surface area contributed by atoms with Crippen LogP contribution in [0.2, 0.25) is 0 Å². The Morgan fingerprint density at radius 2 is 1.22 bits per heavy atom. The van der Waals surface area contributed by atoms with Gasteiger partial charge in [0.1, 0.15) is 0 Å². The summed E-state index contributed by atoms with van der Waals surface area (Å²) >= 11 is 0. The number of carbonyl (C=O) groups is 4. The second-order valence-corrected chi connectivity index (χ2v) is 7.18. The number of rotatable bonds is 8. The lowest BCUT2D eigenvalue weighted by molar-refractivity contribution is -0.118. The molecule has 4 N–H and O–H groups in total. The quantitative estimate of drug-likeness (QED) is 0.246. The summed E-state index contributed by atoms with van der Waals surface area (Å²) in [5.74, 6) is -1.92. The fraction of sp³-hybridized carbons (Fsp3) is 0.0800. The van der Waals surface area contributed by atoms with Gasteiger partial charge in [0.2, 0.25) is 5.91 Å². The number of hydrogen-bond donors (Lipinski definition) is 2. The minimum atomic E-state index is -0.674. The maximum absolute atomic E-state index is 12.2. The van der Waals surface area contributed by atoms with E-state index in [9.17, 15) is 19.2 Å². The number of ketones is 2. The van der Waals surface area contributed by atoms with E-state index in [4.69, 9.17) is 11.5 Å². The highest BCUT2D eigenvalue weighted by Crippen LogP contribution is 2.34. The van der Waals surface area contributed by atoms with Crippen molar-refractivity contribution in [1.29, 1.82) is 0 Å². The predicted molar refractivity (Wildman–Crippen MR) is 123 cm³/mol. The highest BCUT2D eigenvalue weighted by molar-refractivity contribution is 6.08. The molecule has 3 aromatic rings. The van der Waals surface area contributed by atoms with E-state index in [1.807, 2.05) is 12.1 Å². The van der Waals surface area contributed by atoms with Crippen LogP contribution in [-0.2, 0) is 9.59 Å². The minimum absolute atomic E-state index is 0.326. The van der Waals surface area contributed by atoms with E-state index in [-0.39, 0.29) is 24.4 Å². The van der Waals surface area contributed by atoms with E-state index in [1.54, 1.807) is 54.6 Å². The maximum Gasteiger partial charge on any atom is 0.252 e. The molecule has 0 saturated carbocycles. The highest BCUT2D eigenvalue weighted by atomic mass is 16.2. The molecule has 3 aromatic carbocycles. The van der Waals surface area contributed by atoms with E-state index >= 15 is 0 Å². The Morgan fingerprint density at radius 3 is 1.72 bits per heavy atom. The van der Waals surface area contributed by atoms with E-state index in [0.29, 0.717) is 16.8 Å². The van der Waals surface area contributed by atoms with Gasteiger partial charge >= 0.3 is 0 Å². The van der Waals surface area contributed by atoms with Gasteiger partial charge in [0.25, 0.3) is 5.91 Å². The first-order valence-corrected chi connectivity index (χ1v) is 9.73. The molecule has 0 aliphatic carbocycles. The minimum Gasteiger partial charge on any atom is -0.399 e. The molecule has 0 unspecified atom stereocenters. The van der Waals surface area contributed by atoms with E-state index in [2.05, 4.69) is 11.7 Å². The SMILES string of the molecule is C=NC(=O)CC(=O)c1ccc(-c2cc(N)ccc2-c2ccc(C(=O)CC(N)=O)cc2)cc1. The summed E-state index contributed by atoms with van der Waals surface area (Å²) in [5, 5.41) is 0. The standard InChI is InChI=1S/C25H21N3O4/c1-28-25(32)14-23(30)18-8-4-16(5-9-18)21-12-19(26)10-11-20(21)15-2-6-17(7-3-15)22(29)13-24(27)31/h2-12H,1,13-14,26H2,(H2,27,31). The summed E-state index contributed by atoms with van der Waals surface area (Å²) in [6.45, 7) is 3.13. The Labute approximate surface area is 184 Å². The van der Waals surface area contributed by atoms with Crippen LogP contribution in [0.4, 0.5) is 5.69 Å². The van der Waals surface area contributed by atoms with Gasteiger partial charge in [-0.05, 0) is 41.1 Å². The number of benzene rings is 3. The lowest BCUT2D eigenvalue weighted by Crippen LogP contribution is -2.16. The van der Waals surface area contributed by atoms with Crippen molar-refractivity contribution in [2.24, 2.45) is 10.7 Å².